The van der Waals surface area contributed by atoms with Crippen LogP contribution in [0.15, 0.2) is 85.2 Å². The Hall–Kier alpha value is -4.06. The number of H-pyrrole nitrogens is 2. The minimum Gasteiger partial charge on any atom is -0.453 e. The number of rotatable bonds is 5. The van der Waals surface area contributed by atoms with E-state index in [1.807, 2.05) is 50.2 Å². The molecule has 4 aromatic rings. The summed E-state index contributed by atoms with van der Waals surface area (Å²) < 4.78 is 12.2. The fourth-order valence-corrected chi connectivity index (χ4v) is 4.91. The molecule has 1 aliphatic rings. The zero-order valence-corrected chi connectivity index (χ0v) is 19.0. The molecule has 2 unspecified atom stereocenters. The molecule has 0 amide bonds. The minimum atomic E-state index is -0.722. The summed E-state index contributed by atoms with van der Waals surface area (Å²) in [6.07, 6.45) is 1.95. The standard InChI is InChI=1S/C28H26N2O4/c1-17-9-3-4-10-19(17)24-21-12-6-5-11-20(21)18(2)25(33-27(31)22-13-7-15-29-22)26(24)34-28(32)23-14-8-16-30-23/h3-16,18,24-26,29-30H,1-2H3/t18-,24-,25?,26?/m0/s1. The number of hydrogen-bond donors (Lipinski definition) is 2. The largest absolute Gasteiger partial charge is 0.453 e. The van der Waals surface area contributed by atoms with Crippen molar-refractivity contribution >= 4 is 11.9 Å². The van der Waals surface area contributed by atoms with Crippen LogP contribution < -0.4 is 0 Å². The summed E-state index contributed by atoms with van der Waals surface area (Å²) in [5, 5.41) is 0. The predicted octanol–water partition coefficient (Wildman–Crippen LogP) is 5.35. The van der Waals surface area contributed by atoms with Gasteiger partial charge in [0.05, 0.1) is 5.92 Å². The van der Waals surface area contributed by atoms with E-state index < -0.39 is 24.1 Å². The molecule has 1 aliphatic carbocycles. The molecular formula is C28H26N2O4. The van der Waals surface area contributed by atoms with E-state index in [1.165, 1.54) is 0 Å². The van der Waals surface area contributed by atoms with Gasteiger partial charge in [-0.05, 0) is 53.4 Å². The van der Waals surface area contributed by atoms with Gasteiger partial charge in [-0.25, -0.2) is 9.59 Å². The molecule has 4 atom stereocenters. The molecule has 172 valence electrons. The second-order valence-electron chi connectivity index (χ2n) is 8.66. The molecule has 2 aromatic carbocycles. The molecule has 5 rings (SSSR count). The van der Waals surface area contributed by atoms with E-state index in [0.29, 0.717) is 11.4 Å². The van der Waals surface area contributed by atoms with E-state index in [9.17, 15) is 9.59 Å². The topological polar surface area (TPSA) is 84.2 Å². The quantitative estimate of drug-likeness (QED) is 0.398. The second kappa shape index (κ2) is 9.06. The van der Waals surface area contributed by atoms with Crippen molar-refractivity contribution in [3.63, 3.8) is 0 Å². The van der Waals surface area contributed by atoms with Gasteiger partial charge in [-0.2, -0.15) is 0 Å². The number of carbonyl (C=O) groups excluding carboxylic acids is 2. The number of aryl methyl sites for hydroxylation is 1. The van der Waals surface area contributed by atoms with Gasteiger partial charge in [0.2, 0.25) is 0 Å². The molecule has 2 aromatic heterocycles. The van der Waals surface area contributed by atoms with Crippen LogP contribution in [0, 0.1) is 6.92 Å². The van der Waals surface area contributed by atoms with Crippen LogP contribution >= 0.6 is 0 Å². The van der Waals surface area contributed by atoms with E-state index in [4.69, 9.17) is 9.47 Å². The van der Waals surface area contributed by atoms with E-state index in [0.717, 1.165) is 22.3 Å². The highest BCUT2D eigenvalue weighted by Crippen LogP contribution is 2.46. The maximum absolute atomic E-state index is 13.1. The zero-order valence-electron chi connectivity index (χ0n) is 19.0. The van der Waals surface area contributed by atoms with Crippen molar-refractivity contribution < 1.29 is 19.1 Å². The summed E-state index contributed by atoms with van der Waals surface area (Å²) in [4.78, 5) is 31.9. The number of benzene rings is 2. The van der Waals surface area contributed by atoms with Crippen LogP contribution in [0.1, 0.15) is 62.0 Å². The summed E-state index contributed by atoms with van der Waals surface area (Å²) in [5.74, 6) is -1.45. The van der Waals surface area contributed by atoms with Crippen molar-refractivity contribution in [2.24, 2.45) is 0 Å². The molecule has 0 radical (unpaired) electrons. The van der Waals surface area contributed by atoms with Gasteiger partial charge in [0, 0.05) is 18.3 Å². The van der Waals surface area contributed by atoms with E-state index >= 15 is 0 Å². The van der Waals surface area contributed by atoms with Crippen LogP contribution in [-0.4, -0.2) is 34.1 Å². The van der Waals surface area contributed by atoms with Crippen LogP contribution in [-0.2, 0) is 9.47 Å². The summed E-state index contributed by atoms with van der Waals surface area (Å²) in [6.45, 7) is 4.05. The summed E-state index contributed by atoms with van der Waals surface area (Å²) >= 11 is 0. The predicted molar refractivity (Wildman–Crippen MR) is 128 cm³/mol. The monoisotopic (exact) mass is 454 g/mol. The number of carbonyl (C=O) groups is 2. The van der Waals surface area contributed by atoms with Gasteiger partial charge >= 0.3 is 11.9 Å². The number of esters is 2. The van der Waals surface area contributed by atoms with E-state index in [-0.39, 0.29) is 11.8 Å². The molecule has 0 bridgehead atoms. The molecule has 2 N–H and O–H groups in total. The number of nitrogens with one attached hydrogen (secondary N) is 2. The Morgan fingerprint density at radius 2 is 1.21 bits per heavy atom. The van der Waals surface area contributed by atoms with Crippen molar-refractivity contribution in [3.8, 4) is 0 Å². The first kappa shape index (κ1) is 21.8. The highest BCUT2D eigenvalue weighted by Gasteiger charge is 2.47. The Kier molecular flexibility index (Phi) is 5.80. The Morgan fingerprint density at radius 3 is 1.76 bits per heavy atom. The number of aromatic nitrogens is 2. The van der Waals surface area contributed by atoms with E-state index in [1.54, 1.807) is 36.7 Å². The maximum atomic E-state index is 13.1. The zero-order chi connectivity index (χ0) is 23.7. The Bertz CT molecular complexity index is 1290. The molecule has 6 heteroatoms. The Balaban J connectivity index is 1.63. The number of aromatic amines is 2. The SMILES string of the molecule is Cc1ccccc1[C@H]1c2ccccc2[C@H](C)C(OC(=O)c2ccc[nH]2)C1OC(=O)c1ccc[nH]1. The molecule has 0 fully saturated rings. The van der Waals surface area contributed by atoms with E-state index in [2.05, 4.69) is 22.1 Å². The summed E-state index contributed by atoms with van der Waals surface area (Å²) in [5.41, 5.74) is 4.96. The molecule has 0 saturated carbocycles. The van der Waals surface area contributed by atoms with Gasteiger partial charge in [-0.15, -0.1) is 0 Å². The molecule has 2 heterocycles. The molecule has 6 nitrogen and oxygen atoms in total. The maximum Gasteiger partial charge on any atom is 0.355 e. The first-order valence-corrected chi connectivity index (χ1v) is 11.4. The second-order valence-corrected chi connectivity index (χ2v) is 8.66. The lowest BCUT2D eigenvalue weighted by Gasteiger charge is -2.42. The third-order valence-electron chi connectivity index (χ3n) is 6.61. The summed E-state index contributed by atoms with van der Waals surface area (Å²) in [6, 6.07) is 23.0. The van der Waals surface area contributed by atoms with Crippen LogP contribution in [0.4, 0.5) is 0 Å². The molecule has 34 heavy (non-hydrogen) atoms. The van der Waals surface area contributed by atoms with Crippen molar-refractivity contribution in [2.75, 3.05) is 0 Å². The highest BCUT2D eigenvalue weighted by molar-refractivity contribution is 5.88. The molecular weight excluding hydrogens is 428 g/mol. The third-order valence-corrected chi connectivity index (χ3v) is 6.61. The van der Waals surface area contributed by atoms with Gasteiger partial charge < -0.3 is 19.4 Å². The number of hydrogen-bond acceptors (Lipinski definition) is 4. The van der Waals surface area contributed by atoms with Crippen molar-refractivity contribution in [3.05, 3.63) is 119 Å². The van der Waals surface area contributed by atoms with Crippen molar-refractivity contribution in [2.45, 2.75) is 37.9 Å². The molecule has 0 saturated heterocycles. The fraction of sp³-hybridized carbons (Fsp3) is 0.214. The average molecular weight is 455 g/mol. The third kappa shape index (κ3) is 3.92. The van der Waals surface area contributed by atoms with Gasteiger partial charge in [-0.1, -0.05) is 55.5 Å². The lowest BCUT2D eigenvalue weighted by Crippen LogP contribution is -2.46. The first-order chi connectivity index (χ1) is 16.5. The van der Waals surface area contributed by atoms with Crippen LogP contribution in [0.25, 0.3) is 0 Å². The van der Waals surface area contributed by atoms with Gasteiger partial charge in [0.25, 0.3) is 0 Å². The van der Waals surface area contributed by atoms with Gasteiger partial charge in [-0.3, -0.25) is 0 Å². The van der Waals surface area contributed by atoms with Crippen LogP contribution in [0.3, 0.4) is 0 Å². The summed E-state index contributed by atoms with van der Waals surface area (Å²) in [7, 11) is 0. The number of ether oxygens (including phenoxy) is 2. The van der Waals surface area contributed by atoms with Gasteiger partial charge in [0.15, 0.2) is 6.10 Å². The Morgan fingerprint density at radius 1 is 0.676 bits per heavy atom. The molecule has 0 spiro atoms. The van der Waals surface area contributed by atoms with Crippen LogP contribution in [0.2, 0.25) is 0 Å². The average Bonchev–Trinajstić information content (AvgIpc) is 3.57. The highest BCUT2D eigenvalue weighted by atomic mass is 16.6. The van der Waals surface area contributed by atoms with Crippen LogP contribution in [0.5, 0.6) is 0 Å². The number of fused-ring (bicyclic) bond motifs is 1. The van der Waals surface area contributed by atoms with Crippen molar-refractivity contribution in [1.29, 1.82) is 0 Å². The van der Waals surface area contributed by atoms with Crippen molar-refractivity contribution in [1.82, 2.24) is 9.97 Å². The fourth-order valence-electron chi connectivity index (χ4n) is 4.91. The Labute approximate surface area is 197 Å². The minimum absolute atomic E-state index is 0.183. The normalized spacial score (nSPS) is 21.5. The van der Waals surface area contributed by atoms with Gasteiger partial charge in [0.1, 0.15) is 17.5 Å². The lowest BCUT2D eigenvalue weighted by molar-refractivity contribution is -0.0537. The smallest absolute Gasteiger partial charge is 0.355 e. The first-order valence-electron chi connectivity index (χ1n) is 11.4. The molecule has 0 aliphatic heterocycles. The lowest BCUT2D eigenvalue weighted by atomic mass is 9.70.